The van der Waals surface area contributed by atoms with Gasteiger partial charge in [-0.25, -0.2) is 9.79 Å². The number of hydrogen-bond donors (Lipinski definition) is 2. The van der Waals surface area contributed by atoms with Crippen LogP contribution in [0, 0.1) is 0 Å². The summed E-state index contributed by atoms with van der Waals surface area (Å²) in [6.07, 6.45) is -3.04. The number of piperidine rings is 1. The summed E-state index contributed by atoms with van der Waals surface area (Å²) in [4.78, 5) is 18.1. The van der Waals surface area contributed by atoms with Crippen molar-refractivity contribution in [1.82, 2.24) is 15.5 Å². The van der Waals surface area contributed by atoms with Crippen LogP contribution in [-0.4, -0.2) is 62.0 Å². The van der Waals surface area contributed by atoms with Crippen molar-refractivity contribution in [1.29, 1.82) is 0 Å². The van der Waals surface area contributed by atoms with Crippen LogP contribution in [0.5, 0.6) is 0 Å². The Hall–Kier alpha value is -1.76. The van der Waals surface area contributed by atoms with Gasteiger partial charge in [-0.15, -0.1) is 24.0 Å². The number of alkyl halides is 3. The van der Waals surface area contributed by atoms with E-state index < -0.39 is 12.8 Å². The maximum Gasteiger partial charge on any atom is 0.411 e. The third-order valence-corrected chi connectivity index (χ3v) is 4.65. The summed E-state index contributed by atoms with van der Waals surface area (Å²) in [5.41, 5.74) is 1.55. The molecule has 0 aliphatic carbocycles. The van der Waals surface area contributed by atoms with E-state index in [-0.39, 0.29) is 42.7 Å². The summed E-state index contributed by atoms with van der Waals surface area (Å²) in [5, 5.41) is 6.60. The Balaban J connectivity index is 0.00000512. The number of carbonyl (C=O) groups excluding carboxylic acids is 1. The second kappa shape index (κ2) is 14.4. The molecule has 182 valence electrons. The first kappa shape index (κ1) is 28.3. The molecule has 1 aromatic rings. The number of benzene rings is 1. The van der Waals surface area contributed by atoms with Crippen LogP contribution >= 0.6 is 24.0 Å². The number of hydrogen-bond acceptors (Lipinski definition) is 4. The Labute approximate surface area is 204 Å². The molecule has 2 rings (SSSR count). The second-order valence-corrected chi connectivity index (χ2v) is 7.23. The van der Waals surface area contributed by atoms with Gasteiger partial charge in [0.1, 0.15) is 6.61 Å². The fraction of sp³-hybridized carbons (Fsp3) is 0.619. The van der Waals surface area contributed by atoms with E-state index in [4.69, 9.17) is 9.47 Å². The smallest absolute Gasteiger partial charge is 0.411 e. The Morgan fingerprint density at radius 3 is 2.53 bits per heavy atom. The fourth-order valence-electron chi connectivity index (χ4n) is 3.21. The lowest BCUT2D eigenvalue weighted by Crippen LogP contribution is -2.49. The van der Waals surface area contributed by atoms with Crippen molar-refractivity contribution < 1.29 is 27.4 Å². The van der Waals surface area contributed by atoms with Crippen molar-refractivity contribution in [2.75, 3.05) is 32.8 Å². The minimum atomic E-state index is -4.33. The molecular weight excluding hydrogens is 540 g/mol. The predicted molar refractivity (Wildman–Crippen MR) is 127 cm³/mol. The number of amides is 1. The Bertz CT molecular complexity index is 726. The zero-order chi connectivity index (χ0) is 22.7. The maximum atomic E-state index is 12.2. The first-order valence-corrected chi connectivity index (χ1v) is 10.5. The van der Waals surface area contributed by atoms with Crippen molar-refractivity contribution in [3.63, 3.8) is 0 Å². The van der Waals surface area contributed by atoms with E-state index in [0.29, 0.717) is 44.3 Å². The molecule has 0 aromatic heterocycles. The molecule has 1 fully saturated rings. The minimum Gasteiger partial charge on any atom is -0.450 e. The first-order valence-electron chi connectivity index (χ1n) is 10.5. The maximum absolute atomic E-state index is 12.2. The van der Waals surface area contributed by atoms with Crippen LogP contribution in [0.2, 0.25) is 0 Å². The average molecular weight is 572 g/mol. The number of aliphatic imine (C=N–C) groups is 1. The van der Waals surface area contributed by atoms with Gasteiger partial charge >= 0.3 is 12.3 Å². The molecule has 0 bridgehead atoms. The van der Waals surface area contributed by atoms with Crippen molar-refractivity contribution in [2.45, 2.75) is 52.1 Å². The molecule has 1 aliphatic heterocycles. The van der Waals surface area contributed by atoms with Crippen LogP contribution in [0.3, 0.4) is 0 Å². The Morgan fingerprint density at radius 1 is 1.22 bits per heavy atom. The lowest BCUT2D eigenvalue weighted by atomic mass is 10.1. The van der Waals surface area contributed by atoms with Gasteiger partial charge in [0.25, 0.3) is 0 Å². The quantitative estimate of drug-likeness (QED) is 0.279. The van der Waals surface area contributed by atoms with E-state index in [1.807, 2.05) is 13.0 Å². The topological polar surface area (TPSA) is 75.2 Å². The molecule has 1 heterocycles. The molecule has 2 N–H and O–H groups in total. The van der Waals surface area contributed by atoms with Crippen molar-refractivity contribution in [3.8, 4) is 0 Å². The number of nitrogens with zero attached hydrogens (tertiary/aromatic N) is 2. The molecule has 1 aliphatic rings. The number of halogens is 4. The number of guanidine groups is 1. The Kier molecular flexibility index (Phi) is 12.7. The van der Waals surface area contributed by atoms with Crippen LogP contribution in [0.15, 0.2) is 29.3 Å². The molecule has 1 saturated heterocycles. The first-order chi connectivity index (χ1) is 14.8. The molecule has 1 aromatic carbocycles. The third kappa shape index (κ3) is 10.7. The lowest BCUT2D eigenvalue weighted by molar-refractivity contribution is -0.176. The van der Waals surface area contributed by atoms with Crippen molar-refractivity contribution in [3.05, 3.63) is 35.4 Å². The van der Waals surface area contributed by atoms with Crippen LogP contribution in [0.4, 0.5) is 18.0 Å². The van der Waals surface area contributed by atoms with Gasteiger partial charge in [0.05, 0.1) is 19.8 Å². The molecule has 32 heavy (non-hydrogen) atoms. The summed E-state index contributed by atoms with van der Waals surface area (Å²) in [5.74, 6) is 0.663. The van der Waals surface area contributed by atoms with Crippen molar-refractivity contribution >= 4 is 36.0 Å². The number of likely N-dealkylation sites (tertiary alicyclic amines) is 1. The van der Waals surface area contributed by atoms with E-state index in [1.165, 1.54) is 0 Å². The van der Waals surface area contributed by atoms with E-state index >= 15 is 0 Å². The zero-order valence-electron chi connectivity index (χ0n) is 18.4. The zero-order valence-corrected chi connectivity index (χ0v) is 20.7. The summed E-state index contributed by atoms with van der Waals surface area (Å²) in [6.45, 7) is 5.07. The second-order valence-electron chi connectivity index (χ2n) is 7.23. The van der Waals surface area contributed by atoms with Gasteiger partial charge in [-0.1, -0.05) is 24.3 Å². The molecule has 0 radical (unpaired) electrons. The van der Waals surface area contributed by atoms with Crippen LogP contribution in [0.1, 0.15) is 37.8 Å². The minimum absolute atomic E-state index is 0. The highest BCUT2D eigenvalue weighted by atomic mass is 127. The summed E-state index contributed by atoms with van der Waals surface area (Å²) in [6, 6.07) is 7.36. The summed E-state index contributed by atoms with van der Waals surface area (Å²) in [7, 11) is 0. The van der Waals surface area contributed by atoms with Gasteiger partial charge in [-0.05, 0) is 37.8 Å². The number of nitrogens with one attached hydrogen (secondary N) is 2. The number of rotatable bonds is 8. The molecule has 0 unspecified atom stereocenters. The highest BCUT2D eigenvalue weighted by Crippen LogP contribution is 2.16. The molecular formula is C21H32F3IN4O3. The molecule has 0 atom stereocenters. The van der Waals surface area contributed by atoms with Gasteiger partial charge in [0.15, 0.2) is 5.96 Å². The molecule has 0 spiro atoms. The predicted octanol–water partition coefficient (Wildman–Crippen LogP) is 4.06. The molecule has 7 nitrogen and oxygen atoms in total. The summed E-state index contributed by atoms with van der Waals surface area (Å²) >= 11 is 0. The van der Waals surface area contributed by atoms with Gasteiger partial charge < -0.3 is 25.0 Å². The van der Waals surface area contributed by atoms with Crippen LogP contribution in [0.25, 0.3) is 0 Å². The van der Waals surface area contributed by atoms with Gasteiger partial charge in [-0.3, -0.25) is 0 Å². The van der Waals surface area contributed by atoms with E-state index in [2.05, 4.69) is 15.6 Å². The normalized spacial score (nSPS) is 15.2. The number of ether oxygens (including phenoxy) is 2. The Morgan fingerprint density at radius 2 is 1.91 bits per heavy atom. The highest BCUT2D eigenvalue weighted by Gasteiger charge is 2.27. The molecule has 11 heteroatoms. The monoisotopic (exact) mass is 572 g/mol. The van der Waals surface area contributed by atoms with E-state index in [9.17, 15) is 18.0 Å². The summed E-state index contributed by atoms with van der Waals surface area (Å²) < 4.78 is 46.4. The standard InChI is InChI=1S/C21H31F3N4O3.HI/c1-3-25-19(27-18-8-10-28(11-9-18)20(29)31-4-2)26-13-16-6-5-7-17(12-16)14-30-15-21(22,23)24;/h5-7,12,18H,3-4,8-11,13-15H2,1-2H3,(H2,25,26,27);1H. The average Bonchev–Trinajstić information content (AvgIpc) is 2.72. The van der Waals surface area contributed by atoms with Gasteiger partial charge in [-0.2, -0.15) is 13.2 Å². The van der Waals surface area contributed by atoms with Gasteiger partial charge in [0.2, 0.25) is 0 Å². The van der Waals surface area contributed by atoms with Crippen LogP contribution < -0.4 is 10.6 Å². The fourth-order valence-corrected chi connectivity index (χ4v) is 3.21. The SMILES string of the molecule is CCNC(=NCc1cccc(COCC(F)(F)F)c1)NC1CCN(C(=O)OCC)CC1.I. The van der Waals surface area contributed by atoms with Gasteiger partial charge in [0, 0.05) is 25.7 Å². The molecule has 0 saturated carbocycles. The van der Waals surface area contributed by atoms with Crippen LogP contribution in [-0.2, 0) is 22.6 Å². The van der Waals surface area contributed by atoms with E-state index in [0.717, 1.165) is 18.4 Å². The lowest BCUT2D eigenvalue weighted by Gasteiger charge is -2.32. The van der Waals surface area contributed by atoms with Crippen molar-refractivity contribution in [2.24, 2.45) is 4.99 Å². The number of carbonyl (C=O) groups is 1. The van der Waals surface area contributed by atoms with E-state index in [1.54, 1.807) is 30.0 Å². The third-order valence-electron chi connectivity index (χ3n) is 4.65. The highest BCUT2D eigenvalue weighted by molar-refractivity contribution is 14.0. The largest absolute Gasteiger partial charge is 0.450 e. The molecule has 1 amide bonds.